The van der Waals surface area contributed by atoms with Crippen LogP contribution in [0.5, 0.6) is 0 Å². The first kappa shape index (κ1) is 14.2. The summed E-state index contributed by atoms with van der Waals surface area (Å²) in [6.07, 6.45) is 3.41. The minimum atomic E-state index is -3.06. The van der Waals surface area contributed by atoms with Crippen LogP contribution in [0.2, 0.25) is 4.34 Å². The fourth-order valence-corrected chi connectivity index (χ4v) is 3.10. The van der Waals surface area contributed by atoms with Crippen LogP contribution in [0.3, 0.4) is 0 Å². The quantitative estimate of drug-likeness (QED) is 0.792. The van der Waals surface area contributed by atoms with Gasteiger partial charge in [-0.2, -0.15) is 5.10 Å². The van der Waals surface area contributed by atoms with Gasteiger partial charge in [-0.05, 0) is 12.1 Å². The summed E-state index contributed by atoms with van der Waals surface area (Å²) in [4.78, 5) is 11.8. The molecule has 0 fully saturated rings. The lowest BCUT2D eigenvalue weighted by Crippen LogP contribution is -2.11. The van der Waals surface area contributed by atoms with Gasteiger partial charge in [0.25, 0.3) is 0 Å². The number of halogens is 1. The van der Waals surface area contributed by atoms with Crippen LogP contribution >= 0.6 is 22.9 Å². The molecule has 0 aromatic carbocycles. The summed E-state index contributed by atoms with van der Waals surface area (Å²) in [5.74, 6) is -0.0163. The molecule has 0 aliphatic rings. The molecule has 2 aromatic heterocycles. The number of aldehydes is 1. The number of hydrogen-bond acceptors (Lipinski definition) is 5. The SMILES string of the molecule is CS(=O)(=O)CCn1cc(C=O)c(-c2ccc(Cl)s2)n1. The molecule has 0 radical (unpaired) electrons. The van der Waals surface area contributed by atoms with Gasteiger partial charge >= 0.3 is 0 Å². The fourth-order valence-electron chi connectivity index (χ4n) is 1.53. The van der Waals surface area contributed by atoms with E-state index in [1.54, 1.807) is 18.3 Å². The average molecular weight is 319 g/mol. The van der Waals surface area contributed by atoms with Crippen molar-refractivity contribution in [2.24, 2.45) is 0 Å². The third-order valence-electron chi connectivity index (χ3n) is 2.41. The Kier molecular flexibility index (Phi) is 4.07. The van der Waals surface area contributed by atoms with Crippen LogP contribution in [0.25, 0.3) is 10.6 Å². The van der Waals surface area contributed by atoms with E-state index in [4.69, 9.17) is 11.6 Å². The van der Waals surface area contributed by atoms with Crippen LogP contribution in [0, 0.1) is 0 Å². The molecule has 0 bridgehead atoms. The summed E-state index contributed by atoms with van der Waals surface area (Å²) in [6.45, 7) is 0.221. The summed E-state index contributed by atoms with van der Waals surface area (Å²) in [6, 6.07) is 3.51. The van der Waals surface area contributed by atoms with E-state index in [2.05, 4.69) is 5.10 Å². The van der Waals surface area contributed by atoms with Gasteiger partial charge in [0.2, 0.25) is 0 Å². The van der Waals surface area contributed by atoms with Gasteiger partial charge in [0.15, 0.2) is 6.29 Å². The maximum atomic E-state index is 11.1. The van der Waals surface area contributed by atoms with Crippen LogP contribution in [0.4, 0.5) is 0 Å². The molecule has 8 heteroatoms. The minimum absolute atomic E-state index is 0.0163. The van der Waals surface area contributed by atoms with Crippen molar-refractivity contribution in [2.45, 2.75) is 6.54 Å². The normalized spacial score (nSPS) is 11.7. The number of thiophene rings is 1. The lowest BCUT2D eigenvalue weighted by atomic mass is 10.2. The van der Waals surface area contributed by atoms with Crippen molar-refractivity contribution in [3.05, 3.63) is 28.2 Å². The maximum Gasteiger partial charge on any atom is 0.153 e. The molecule has 0 N–H and O–H groups in total. The van der Waals surface area contributed by atoms with Crippen molar-refractivity contribution < 1.29 is 13.2 Å². The molecule has 2 heterocycles. The topological polar surface area (TPSA) is 69.0 Å². The summed E-state index contributed by atoms with van der Waals surface area (Å²) < 4.78 is 24.3. The Labute approximate surface area is 119 Å². The molecule has 0 aliphatic heterocycles. The lowest BCUT2D eigenvalue weighted by Gasteiger charge is -1.98. The number of aromatic nitrogens is 2. The third kappa shape index (κ3) is 3.65. The fraction of sp³-hybridized carbons (Fsp3) is 0.273. The molecule has 19 heavy (non-hydrogen) atoms. The molecule has 0 amide bonds. The standard InChI is InChI=1S/C11H11ClN2O3S2/c1-19(16,17)5-4-14-6-8(7-15)11(13-14)9-2-3-10(12)18-9/h2-3,6-7H,4-5H2,1H3. The van der Waals surface area contributed by atoms with Crippen LogP contribution < -0.4 is 0 Å². The van der Waals surface area contributed by atoms with E-state index in [-0.39, 0.29) is 12.3 Å². The van der Waals surface area contributed by atoms with Crippen molar-refractivity contribution in [2.75, 3.05) is 12.0 Å². The molecule has 2 rings (SSSR count). The number of carbonyl (C=O) groups is 1. The molecule has 102 valence electrons. The Morgan fingerprint density at radius 2 is 2.21 bits per heavy atom. The number of aryl methyl sites for hydroxylation is 1. The first-order chi connectivity index (χ1) is 8.89. The highest BCUT2D eigenvalue weighted by molar-refractivity contribution is 7.90. The second kappa shape index (κ2) is 5.44. The van der Waals surface area contributed by atoms with E-state index < -0.39 is 9.84 Å². The molecule has 0 saturated heterocycles. The number of nitrogens with zero attached hydrogens (tertiary/aromatic N) is 2. The largest absolute Gasteiger partial charge is 0.298 e. The van der Waals surface area contributed by atoms with Crippen LogP contribution in [0.15, 0.2) is 18.3 Å². The number of rotatable bonds is 5. The highest BCUT2D eigenvalue weighted by Crippen LogP contribution is 2.31. The summed E-state index contributed by atoms with van der Waals surface area (Å²) >= 11 is 7.17. The average Bonchev–Trinajstić information content (AvgIpc) is 2.91. The van der Waals surface area contributed by atoms with Gasteiger partial charge in [-0.1, -0.05) is 11.6 Å². The molecule has 0 aliphatic carbocycles. The van der Waals surface area contributed by atoms with E-state index in [9.17, 15) is 13.2 Å². The second-order valence-corrected chi connectivity index (χ2v) is 8.02. The molecule has 0 spiro atoms. The highest BCUT2D eigenvalue weighted by atomic mass is 35.5. The van der Waals surface area contributed by atoms with Crippen molar-refractivity contribution in [3.8, 4) is 10.6 Å². The lowest BCUT2D eigenvalue weighted by molar-refractivity contribution is 0.112. The number of hydrogen-bond donors (Lipinski definition) is 0. The highest BCUT2D eigenvalue weighted by Gasteiger charge is 2.13. The smallest absolute Gasteiger partial charge is 0.153 e. The van der Waals surface area contributed by atoms with Gasteiger partial charge in [-0.15, -0.1) is 11.3 Å². The minimum Gasteiger partial charge on any atom is -0.298 e. The Balaban J connectivity index is 2.30. The Hall–Kier alpha value is -1.18. The van der Waals surface area contributed by atoms with Crippen molar-refractivity contribution in [1.82, 2.24) is 9.78 Å². The monoisotopic (exact) mass is 318 g/mol. The number of carbonyl (C=O) groups excluding carboxylic acids is 1. The molecule has 0 unspecified atom stereocenters. The van der Waals surface area contributed by atoms with Gasteiger partial charge in [0.05, 0.1) is 27.1 Å². The van der Waals surface area contributed by atoms with Crippen LogP contribution in [0.1, 0.15) is 10.4 Å². The van der Waals surface area contributed by atoms with Gasteiger partial charge in [0, 0.05) is 12.5 Å². The van der Waals surface area contributed by atoms with Gasteiger partial charge < -0.3 is 0 Å². The maximum absolute atomic E-state index is 11.1. The van der Waals surface area contributed by atoms with Crippen LogP contribution in [-0.2, 0) is 16.4 Å². The van der Waals surface area contributed by atoms with E-state index in [0.717, 1.165) is 11.1 Å². The summed E-state index contributed by atoms with van der Waals surface area (Å²) in [7, 11) is -3.06. The van der Waals surface area contributed by atoms with Gasteiger partial charge in [0.1, 0.15) is 15.5 Å². The van der Waals surface area contributed by atoms with Gasteiger partial charge in [-0.3, -0.25) is 9.48 Å². The zero-order valence-electron chi connectivity index (χ0n) is 10.0. The predicted molar refractivity (Wildman–Crippen MR) is 75.6 cm³/mol. The molecular formula is C11H11ClN2O3S2. The Bertz CT molecular complexity index is 703. The van der Waals surface area contributed by atoms with Crippen molar-refractivity contribution in [3.63, 3.8) is 0 Å². The Morgan fingerprint density at radius 3 is 2.74 bits per heavy atom. The molecular weight excluding hydrogens is 308 g/mol. The second-order valence-electron chi connectivity index (χ2n) is 4.05. The third-order valence-corrected chi connectivity index (χ3v) is 4.58. The van der Waals surface area contributed by atoms with E-state index >= 15 is 0 Å². The first-order valence-corrected chi connectivity index (χ1v) is 8.60. The zero-order valence-corrected chi connectivity index (χ0v) is 12.4. The van der Waals surface area contributed by atoms with E-state index in [0.29, 0.717) is 21.9 Å². The number of sulfone groups is 1. The Morgan fingerprint density at radius 1 is 1.47 bits per heavy atom. The van der Waals surface area contributed by atoms with Gasteiger partial charge in [-0.25, -0.2) is 8.42 Å². The van der Waals surface area contributed by atoms with E-state index in [1.165, 1.54) is 16.0 Å². The molecule has 5 nitrogen and oxygen atoms in total. The van der Waals surface area contributed by atoms with Crippen LogP contribution in [-0.4, -0.2) is 36.5 Å². The molecule has 2 aromatic rings. The summed E-state index contributed by atoms with van der Waals surface area (Å²) in [5, 5.41) is 4.24. The van der Waals surface area contributed by atoms with Crippen molar-refractivity contribution >= 4 is 39.1 Å². The zero-order chi connectivity index (χ0) is 14.0. The molecule has 0 atom stereocenters. The van der Waals surface area contributed by atoms with Crippen molar-refractivity contribution in [1.29, 1.82) is 0 Å². The van der Waals surface area contributed by atoms with E-state index in [1.807, 2.05) is 0 Å². The molecule has 0 saturated carbocycles. The predicted octanol–water partition coefficient (Wildman–Crippen LogP) is 2.12. The first-order valence-electron chi connectivity index (χ1n) is 5.35. The summed E-state index contributed by atoms with van der Waals surface area (Å²) in [5.41, 5.74) is 0.951.